The Morgan fingerprint density at radius 3 is 2.67 bits per heavy atom. The maximum atomic E-state index is 10.3. The number of benzene rings is 1. The van der Waals surface area contributed by atoms with Gasteiger partial charge in [0, 0.05) is 11.4 Å². The molecule has 0 aliphatic carbocycles. The third-order valence-electron chi connectivity index (χ3n) is 1.86. The molecule has 1 aromatic heterocycles. The first-order valence-electron chi connectivity index (χ1n) is 4.30. The molecular weight excluding hydrogens is 216 g/mol. The lowest BCUT2D eigenvalue weighted by molar-refractivity contribution is 0.108. The zero-order valence-corrected chi connectivity index (χ0v) is 8.44. The molecule has 0 saturated carbocycles. The topological polar surface area (TPSA) is 56.0 Å². The highest BCUT2D eigenvalue weighted by atomic mass is 35.5. The van der Waals surface area contributed by atoms with Crippen molar-refractivity contribution in [3.63, 3.8) is 0 Å². The molecule has 2 rings (SSSR count). The molecule has 2 aromatic rings. The lowest BCUT2D eigenvalue weighted by Crippen LogP contribution is -1.90. The van der Waals surface area contributed by atoms with E-state index < -0.39 is 0 Å². The molecule has 0 aliphatic rings. The van der Waals surface area contributed by atoms with E-state index in [4.69, 9.17) is 11.6 Å². The number of carbonyl (C=O) groups excluding carboxylic acids is 1. The van der Waals surface area contributed by atoms with Gasteiger partial charge in [-0.3, -0.25) is 4.79 Å². The van der Waals surface area contributed by atoms with Crippen molar-refractivity contribution in [2.75, 3.05) is 0 Å². The normalized spacial score (nSPS) is 10.2. The number of aldehydes is 1. The fraction of sp³-hybridized carbons (Fsp3) is 0.100. The van der Waals surface area contributed by atoms with Gasteiger partial charge in [0.1, 0.15) is 0 Å². The summed E-state index contributed by atoms with van der Waals surface area (Å²) in [5.41, 5.74) is 1.01. The van der Waals surface area contributed by atoms with E-state index >= 15 is 0 Å². The van der Waals surface area contributed by atoms with Gasteiger partial charge in [0.2, 0.25) is 6.29 Å². The van der Waals surface area contributed by atoms with Crippen molar-refractivity contribution >= 4 is 17.9 Å². The average molecular weight is 223 g/mol. The molecule has 76 valence electrons. The molecule has 0 fully saturated rings. The maximum absolute atomic E-state index is 10.3. The Kier molecular flexibility index (Phi) is 2.78. The fourth-order valence-corrected chi connectivity index (χ4v) is 1.30. The number of halogens is 1. The summed E-state index contributed by atoms with van der Waals surface area (Å²) in [6, 6.07) is 7.33. The van der Waals surface area contributed by atoms with Gasteiger partial charge in [0.25, 0.3) is 5.89 Å². The van der Waals surface area contributed by atoms with E-state index in [1.807, 2.05) is 12.1 Å². The van der Waals surface area contributed by atoms with Gasteiger partial charge in [-0.1, -0.05) is 28.9 Å². The SMILES string of the molecule is O=Cc1nc(Cc2ccc(Cl)cc2)no1. The first kappa shape index (κ1) is 9.86. The van der Waals surface area contributed by atoms with Gasteiger partial charge in [0.15, 0.2) is 5.82 Å². The highest BCUT2D eigenvalue weighted by Gasteiger charge is 2.05. The largest absolute Gasteiger partial charge is 0.331 e. The van der Waals surface area contributed by atoms with Crippen LogP contribution in [0.5, 0.6) is 0 Å². The number of aromatic nitrogens is 2. The molecule has 0 atom stereocenters. The third-order valence-corrected chi connectivity index (χ3v) is 2.11. The maximum Gasteiger partial charge on any atom is 0.290 e. The van der Waals surface area contributed by atoms with Gasteiger partial charge in [0.05, 0.1) is 0 Å². The van der Waals surface area contributed by atoms with E-state index in [1.165, 1.54) is 0 Å². The average Bonchev–Trinajstić information content (AvgIpc) is 2.69. The molecule has 0 radical (unpaired) electrons. The van der Waals surface area contributed by atoms with Crippen molar-refractivity contribution in [1.29, 1.82) is 0 Å². The van der Waals surface area contributed by atoms with E-state index in [1.54, 1.807) is 12.1 Å². The van der Waals surface area contributed by atoms with Crippen LogP contribution in [0.1, 0.15) is 22.1 Å². The van der Waals surface area contributed by atoms with Crippen LogP contribution in [0.25, 0.3) is 0 Å². The number of hydrogen-bond donors (Lipinski definition) is 0. The second kappa shape index (κ2) is 4.23. The van der Waals surface area contributed by atoms with E-state index in [-0.39, 0.29) is 5.89 Å². The number of nitrogens with zero attached hydrogens (tertiary/aromatic N) is 2. The Morgan fingerprint density at radius 1 is 1.33 bits per heavy atom. The molecule has 0 spiro atoms. The van der Waals surface area contributed by atoms with Crippen LogP contribution in [0.4, 0.5) is 0 Å². The van der Waals surface area contributed by atoms with Crippen LogP contribution >= 0.6 is 11.6 Å². The summed E-state index contributed by atoms with van der Waals surface area (Å²) in [5.74, 6) is 0.485. The first-order chi connectivity index (χ1) is 7.28. The number of rotatable bonds is 3. The Morgan fingerprint density at radius 2 is 2.07 bits per heavy atom. The molecule has 0 N–H and O–H groups in total. The Labute approximate surface area is 90.9 Å². The summed E-state index contributed by atoms with van der Waals surface area (Å²) in [5, 5.41) is 4.34. The minimum Gasteiger partial charge on any atom is -0.331 e. The summed E-state index contributed by atoms with van der Waals surface area (Å²) in [7, 11) is 0. The first-order valence-corrected chi connectivity index (χ1v) is 4.68. The number of carbonyl (C=O) groups is 1. The van der Waals surface area contributed by atoms with E-state index in [0.717, 1.165) is 5.56 Å². The number of hydrogen-bond acceptors (Lipinski definition) is 4. The van der Waals surface area contributed by atoms with Gasteiger partial charge < -0.3 is 4.52 Å². The van der Waals surface area contributed by atoms with E-state index in [0.29, 0.717) is 23.6 Å². The molecule has 0 bridgehead atoms. The summed E-state index contributed by atoms with van der Waals surface area (Å²) in [6.07, 6.45) is 1.05. The Hall–Kier alpha value is -1.68. The molecular formula is C10H7ClN2O2. The molecule has 5 heteroatoms. The molecule has 1 heterocycles. The highest BCUT2D eigenvalue weighted by molar-refractivity contribution is 6.30. The smallest absolute Gasteiger partial charge is 0.290 e. The van der Waals surface area contributed by atoms with Crippen molar-refractivity contribution in [3.8, 4) is 0 Å². The van der Waals surface area contributed by atoms with Crippen LogP contribution in [0.3, 0.4) is 0 Å². The highest BCUT2D eigenvalue weighted by Crippen LogP contribution is 2.11. The lowest BCUT2D eigenvalue weighted by atomic mass is 10.1. The molecule has 4 nitrogen and oxygen atoms in total. The second-order valence-electron chi connectivity index (χ2n) is 2.97. The van der Waals surface area contributed by atoms with Gasteiger partial charge in [-0.25, -0.2) is 0 Å². The molecule has 1 aromatic carbocycles. The second-order valence-corrected chi connectivity index (χ2v) is 3.41. The predicted octanol–water partition coefficient (Wildman–Crippen LogP) is 2.13. The Bertz CT molecular complexity index is 465. The molecule has 0 amide bonds. The predicted molar refractivity (Wildman–Crippen MR) is 53.9 cm³/mol. The van der Waals surface area contributed by atoms with Gasteiger partial charge >= 0.3 is 0 Å². The third kappa shape index (κ3) is 2.41. The van der Waals surface area contributed by atoms with Crippen molar-refractivity contribution in [1.82, 2.24) is 10.1 Å². The fourth-order valence-electron chi connectivity index (χ4n) is 1.17. The zero-order chi connectivity index (χ0) is 10.7. The quantitative estimate of drug-likeness (QED) is 0.747. The standard InChI is InChI=1S/C10H7ClN2O2/c11-8-3-1-7(2-4-8)5-9-12-10(6-14)15-13-9/h1-4,6H,5H2. The van der Waals surface area contributed by atoms with Crippen molar-refractivity contribution < 1.29 is 9.32 Å². The zero-order valence-electron chi connectivity index (χ0n) is 7.68. The van der Waals surface area contributed by atoms with Crippen molar-refractivity contribution in [3.05, 3.63) is 46.6 Å². The minimum absolute atomic E-state index is 0.000960. The lowest BCUT2D eigenvalue weighted by Gasteiger charge is -1.95. The van der Waals surface area contributed by atoms with Gasteiger partial charge in [-0.15, -0.1) is 0 Å². The van der Waals surface area contributed by atoms with Crippen LogP contribution < -0.4 is 0 Å². The van der Waals surface area contributed by atoms with E-state index in [2.05, 4.69) is 14.7 Å². The molecule has 0 unspecified atom stereocenters. The van der Waals surface area contributed by atoms with Gasteiger partial charge in [-0.2, -0.15) is 4.98 Å². The minimum atomic E-state index is -0.000960. The monoisotopic (exact) mass is 222 g/mol. The van der Waals surface area contributed by atoms with Crippen LogP contribution in [0, 0.1) is 0 Å². The Balaban J connectivity index is 2.14. The van der Waals surface area contributed by atoms with Crippen LogP contribution in [0.15, 0.2) is 28.8 Å². The van der Waals surface area contributed by atoms with Crippen LogP contribution in [0.2, 0.25) is 5.02 Å². The summed E-state index contributed by atoms with van der Waals surface area (Å²) in [6.45, 7) is 0. The molecule has 0 aliphatic heterocycles. The summed E-state index contributed by atoms with van der Waals surface area (Å²) < 4.78 is 4.65. The van der Waals surface area contributed by atoms with Gasteiger partial charge in [-0.05, 0) is 17.7 Å². The summed E-state index contributed by atoms with van der Waals surface area (Å²) >= 11 is 5.75. The van der Waals surface area contributed by atoms with Crippen LogP contribution in [-0.2, 0) is 6.42 Å². The van der Waals surface area contributed by atoms with Crippen LogP contribution in [-0.4, -0.2) is 16.4 Å². The van der Waals surface area contributed by atoms with Crippen molar-refractivity contribution in [2.45, 2.75) is 6.42 Å². The molecule has 0 saturated heterocycles. The van der Waals surface area contributed by atoms with Crippen molar-refractivity contribution in [2.24, 2.45) is 0 Å². The summed E-state index contributed by atoms with van der Waals surface area (Å²) in [4.78, 5) is 14.2. The molecule has 15 heavy (non-hydrogen) atoms. The van der Waals surface area contributed by atoms with E-state index in [9.17, 15) is 4.79 Å².